The van der Waals surface area contributed by atoms with Crippen LogP contribution in [0.2, 0.25) is 0 Å². The molecule has 0 aliphatic heterocycles. The smallest absolute Gasteiger partial charge is 0.198 e. The Morgan fingerprint density at radius 1 is 1.20 bits per heavy atom. The van der Waals surface area contributed by atoms with Crippen LogP contribution < -0.4 is 4.74 Å². The molecule has 25 heavy (non-hydrogen) atoms. The molecule has 0 radical (unpaired) electrons. The topological polar surface area (TPSA) is 92.5 Å². The van der Waals surface area contributed by atoms with E-state index in [1.165, 1.54) is 19.2 Å². The molecule has 0 saturated carbocycles. The molecular weight excluding hydrogens is 320 g/mol. The molecule has 0 amide bonds. The van der Waals surface area contributed by atoms with Crippen molar-refractivity contribution < 1.29 is 14.6 Å². The van der Waals surface area contributed by atoms with E-state index in [0.717, 1.165) is 0 Å². The summed E-state index contributed by atoms with van der Waals surface area (Å²) in [5.41, 5.74) is 1.96. The van der Waals surface area contributed by atoms with E-state index in [1.54, 1.807) is 18.3 Å². The monoisotopic (exact) mass is 334 g/mol. The number of ether oxygens (including phenoxy) is 1. The van der Waals surface area contributed by atoms with Crippen molar-refractivity contribution in [3.63, 3.8) is 0 Å². The third-order valence-corrected chi connectivity index (χ3v) is 3.95. The van der Waals surface area contributed by atoms with Crippen LogP contribution in [-0.4, -0.2) is 37.6 Å². The number of carbonyl (C=O) groups excluding carboxylic acids is 1. The number of phenols is 1. The fourth-order valence-electron chi connectivity index (χ4n) is 2.66. The van der Waals surface area contributed by atoms with Crippen LogP contribution >= 0.6 is 0 Å². The summed E-state index contributed by atoms with van der Waals surface area (Å²) in [7, 11) is 1.51. The summed E-state index contributed by atoms with van der Waals surface area (Å²) >= 11 is 0. The summed E-state index contributed by atoms with van der Waals surface area (Å²) in [4.78, 5) is 15.7. The number of aromatic nitrogens is 4. The van der Waals surface area contributed by atoms with Gasteiger partial charge < -0.3 is 14.8 Å². The lowest BCUT2D eigenvalue weighted by molar-refractivity contribution is 0.103. The maximum atomic E-state index is 12.7. The Bertz CT molecular complexity index is 1080. The largest absolute Gasteiger partial charge is 0.507 e. The van der Waals surface area contributed by atoms with Crippen LogP contribution in [0.3, 0.4) is 0 Å². The number of methoxy groups -OCH3 is 1. The Labute approximate surface area is 142 Å². The summed E-state index contributed by atoms with van der Waals surface area (Å²) in [6, 6.07) is 11.8. The molecule has 124 valence electrons. The van der Waals surface area contributed by atoms with Crippen LogP contribution in [0.5, 0.6) is 11.5 Å². The van der Waals surface area contributed by atoms with Crippen molar-refractivity contribution in [3.05, 3.63) is 66.0 Å². The molecule has 0 atom stereocenters. The zero-order valence-electron chi connectivity index (χ0n) is 13.3. The Morgan fingerprint density at radius 3 is 2.92 bits per heavy atom. The first-order chi connectivity index (χ1) is 12.2. The molecule has 0 saturated heterocycles. The quantitative estimate of drug-likeness (QED) is 0.560. The van der Waals surface area contributed by atoms with Gasteiger partial charge in [-0.3, -0.25) is 9.20 Å². The van der Waals surface area contributed by atoms with Gasteiger partial charge in [-0.25, -0.2) is 0 Å². The number of hydrogen-bond acceptors (Lipinski definition) is 5. The van der Waals surface area contributed by atoms with Crippen LogP contribution in [0.25, 0.3) is 17.2 Å². The normalized spacial score (nSPS) is 10.9. The Hall–Kier alpha value is -3.61. The minimum absolute atomic E-state index is 0.0959. The number of rotatable bonds is 4. The van der Waals surface area contributed by atoms with Crippen molar-refractivity contribution in [1.82, 2.24) is 19.6 Å². The first kappa shape index (κ1) is 14.9. The highest BCUT2D eigenvalue weighted by Crippen LogP contribution is 2.27. The number of nitrogens with one attached hydrogen (secondary N) is 1. The van der Waals surface area contributed by atoms with Crippen LogP contribution in [0.4, 0.5) is 0 Å². The van der Waals surface area contributed by atoms with Gasteiger partial charge in [0.05, 0.1) is 18.4 Å². The summed E-state index contributed by atoms with van der Waals surface area (Å²) in [6.45, 7) is 0. The first-order valence-corrected chi connectivity index (χ1v) is 7.57. The Balaban J connectivity index is 1.73. The van der Waals surface area contributed by atoms with E-state index in [2.05, 4.69) is 15.2 Å². The fourth-order valence-corrected chi connectivity index (χ4v) is 2.66. The molecule has 4 aromatic rings. The van der Waals surface area contributed by atoms with Gasteiger partial charge in [-0.15, -0.1) is 10.2 Å². The van der Waals surface area contributed by atoms with Gasteiger partial charge in [0.25, 0.3) is 0 Å². The van der Waals surface area contributed by atoms with Crippen LogP contribution in [0, 0.1) is 0 Å². The average Bonchev–Trinajstić information content (AvgIpc) is 3.28. The minimum atomic E-state index is -0.312. The molecule has 0 spiro atoms. The van der Waals surface area contributed by atoms with Gasteiger partial charge in [0.2, 0.25) is 0 Å². The second-order valence-electron chi connectivity index (χ2n) is 5.47. The number of phenolic OH excluding ortho intramolecular Hbond substituents is 1. The van der Waals surface area contributed by atoms with Crippen molar-refractivity contribution in [1.29, 1.82) is 0 Å². The highest BCUT2D eigenvalue weighted by Gasteiger charge is 2.18. The second kappa shape index (κ2) is 5.79. The predicted molar refractivity (Wildman–Crippen MR) is 90.9 cm³/mol. The van der Waals surface area contributed by atoms with E-state index in [-0.39, 0.29) is 17.1 Å². The van der Waals surface area contributed by atoms with Gasteiger partial charge >= 0.3 is 0 Å². The molecule has 0 aliphatic rings. The van der Waals surface area contributed by atoms with E-state index in [0.29, 0.717) is 28.5 Å². The van der Waals surface area contributed by atoms with Gasteiger partial charge in [-0.05, 0) is 36.4 Å². The molecule has 0 fully saturated rings. The van der Waals surface area contributed by atoms with Crippen molar-refractivity contribution in [2.75, 3.05) is 7.11 Å². The maximum Gasteiger partial charge on any atom is 0.198 e. The van der Waals surface area contributed by atoms with Crippen molar-refractivity contribution in [2.24, 2.45) is 0 Å². The number of H-pyrrole nitrogens is 1. The highest BCUT2D eigenvalue weighted by atomic mass is 16.5. The van der Waals surface area contributed by atoms with Crippen LogP contribution in [-0.2, 0) is 0 Å². The van der Waals surface area contributed by atoms with E-state index in [1.807, 2.05) is 28.8 Å². The number of nitrogens with zero attached hydrogens (tertiary/aromatic N) is 3. The van der Waals surface area contributed by atoms with E-state index >= 15 is 0 Å². The predicted octanol–water partition coefficient (Wildman–Crippen LogP) is 2.67. The number of carbonyl (C=O) groups is 1. The van der Waals surface area contributed by atoms with Gasteiger partial charge in [0.15, 0.2) is 17.3 Å². The number of aromatic amines is 1. The zero-order valence-corrected chi connectivity index (χ0v) is 13.3. The number of hydrogen-bond donors (Lipinski definition) is 2. The molecular formula is C18H14N4O3. The maximum absolute atomic E-state index is 12.7. The van der Waals surface area contributed by atoms with Crippen LogP contribution in [0.1, 0.15) is 15.9 Å². The highest BCUT2D eigenvalue weighted by molar-refractivity contribution is 6.11. The van der Waals surface area contributed by atoms with E-state index in [9.17, 15) is 9.90 Å². The van der Waals surface area contributed by atoms with Gasteiger partial charge in [0, 0.05) is 18.0 Å². The summed E-state index contributed by atoms with van der Waals surface area (Å²) < 4.78 is 6.94. The lowest BCUT2D eigenvalue weighted by atomic mass is 10.0. The van der Waals surface area contributed by atoms with Crippen molar-refractivity contribution in [2.45, 2.75) is 0 Å². The van der Waals surface area contributed by atoms with Crippen molar-refractivity contribution >= 4 is 11.4 Å². The number of fused-ring (bicyclic) bond motifs is 1. The van der Waals surface area contributed by atoms with Gasteiger partial charge in [0.1, 0.15) is 11.5 Å². The molecule has 4 rings (SSSR count). The third kappa shape index (κ3) is 2.51. The molecule has 3 heterocycles. The summed E-state index contributed by atoms with van der Waals surface area (Å²) in [5.74, 6) is 0.694. The molecule has 2 N–H and O–H groups in total. The second-order valence-corrected chi connectivity index (χ2v) is 5.47. The third-order valence-electron chi connectivity index (χ3n) is 3.95. The Kier molecular flexibility index (Phi) is 3.46. The SMILES string of the molecule is COc1ccc(O)c(C(=O)c2c[nH]c(-c3nnc4ccccn34)c2)c1. The summed E-state index contributed by atoms with van der Waals surface area (Å²) in [5, 5.41) is 18.2. The van der Waals surface area contributed by atoms with Crippen LogP contribution in [0.15, 0.2) is 54.9 Å². The molecule has 1 aromatic carbocycles. The van der Waals surface area contributed by atoms with E-state index in [4.69, 9.17) is 4.74 Å². The first-order valence-electron chi connectivity index (χ1n) is 7.57. The molecule has 3 aromatic heterocycles. The number of aromatic hydroxyl groups is 1. The van der Waals surface area contributed by atoms with Gasteiger partial charge in [-0.2, -0.15) is 0 Å². The Morgan fingerprint density at radius 2 is 2.08 bits per heavy atom. The summed E-state index contributed by atoms with van der Waals surface area (Å²) in [6.07, 6.45) is 3.43. The zero-order chi connectivity index (χ0) is 17.4. The molecule has 0 aliphatic carbocycles. The number of ketones is 1. The fraction of sp³-hybridized carbons (Fsp3) is 0.0556. The lowest BCUT2D eigenvalue weighted by Crippen LogP contribution is -2.00. The lowest BCUT2D eigenvalue weighted by Gasteiger charge is -2.05. The molecule has 7 nitrogen and oxygen atoms in total. The molecule has 0 unspecified atom stereocenters. The number of benzene rings is 1. The van der Waals surface area contributed by atoms with Crippen molar-refractivity contribution in [3.8, 4) is 23.0 Å². The van der Waals surface area contributed by atoms with Gasteiger partial charge in [-0.1, -0.05) is 6.07 Å². The van der Waals surface area contributed by atoms with E-state index < -0.39 is 0 Å². The number of pyridine rings is 1. The minimum Gasteiger partial charge on any atom is -0.507 e. The standard InChI is InChI=1S/C18H14N4O3/c1-25-12-5-6-15(23)13(9-12)17(24)11-8-14(19-10-11)18-21-20-16-4-2-3-7-22(16)18/h2-10,19,23H,1H3. The molecule has 0 bridgehead atoms. The average molecular weight is 334 g/mol. The molecule has 7 heteroatoms.